The van der Waals surface area contributed by atoms with E-state index < -0.39 is 17.8 Å². The van der Waals surface area contributed by atoms with E-state index in [0.717, 1.165) is 0 Å². The molecule has 3 nitrogen and oxygen atoms in total. The zero-order valence-electron chi connectivity index (χ0n) is 9.54. The van der Waals surface area contributed by atoms with Gasteiger partial charge in [0, 0.05) is 11.0 Å². The fraction of sp³-hybridized carbons (Fsp3) is 0.417. The van der Waals surface area contributed by atoms with Gasteiger partial charge in [-0.25, -0.2) is 4.39 Å². The molecule has 0 aliphatic rings. The van der Waals surface area contributed by atoms with Crippen LogP contribution in [0.15, 0.2) is 22.7 Å². The van der Waals surface area contributed by atoms with Gasteiger partial charge in [0.2, 0.25) is 0 Å². The standard InChI is InChI=1S/C12H15BrFNO2/c1-2-9(16)5-6-15-12(17)10-4-3-8(13)7-11(10)14/h3-4,7,9,16H,2,5-6H2,1H3,(H,15,17). The van der Waals surface area contributed by atoms with Gasteiger partial charge in [-0.3, -0.25) is 4.79 Å². The summed E-state index contributed by atoms with van der Waals surface area (Å²) in [6.45, 7) is 2.20. The number of aliphatic hydroxyl groups is 1. The number of benzene rings is 1. The van der Waals surface area contributed by atoms with E-state index in [9.17, 15) is 14.3 Å². The number of rotatable bonds is 5. The molecule has 0 saturated heterocycles. The van der Waals surface area contributed by atoms with Gasteiger partial charge in [0.1, 0.15) is 5.82 Å². The van der Waals surface area contributed by atoms with Gasteiger partial charge in [-0.2, -0.15) is 0 Å². The molecule has 1 atom stereocenters. The van der Waals surface area contributed by atoms with E-state index >= 15 is 0 Å². The van der Waals surface area contributed by atoms with E-state index in [1.165, 1.54) is 12.1 Å². The van der Waals surface area contributed by atoms with Crippen LogP contribution in [0, 0.1) is 5.82 Å². The zero-order chi connectivity index (χ0) is 12.8. The molecule has 0 heterocycles. The number of aliphatic hydroxyl groups excluding tert-OH is 1. The molecule has 0 aliphatic carbocycles. The SMILES string of the molecule is CCC(O)CCNC(=O)c1ccc(Br)cc1F. The minimum atomic E-state index is -0.562. The summed E-state index contributed by atoms with van der Waals surface area (Å²) in [6.07, 6.45) is 0.688. The summed E-state index contributed by atoms with van der Waals surface area (Å²) in [6, 6.07) is 4.28. The van der Waals surface area contributed by atoms with Gasteiger partial charge in [-0.05, 0) is 31.0 Å². The van der Waals surface area contributed by atoms with Crippen LogP contribution in [-0.4, -0.2) is 23.7 Å². The second-order valence-corrected chi connectivity index (χ2v) is 4.65. The van der Waals surface area contributed by atoms with E-state index in [1.54, 1.807) is 6.07 Å². The number of nitrogens with one attached hydrogen (secondary N) is 1. The smallest absolute Gasteiger partial charge is 0.254 e. The predicted octanol–water partition coefficient (Wildman–Crippen LogP) is 2.48. The Morgan fingerprint density at radius 1 is 1.59 bits per heavy atom. The highest BCUT2D eigenvalue weighted by Gasteiger charge is 2.11. The summed E-state index contributed by atoms with van der Waals surface area (Å²) in [4.78, 5) is 11.6. The number of carbonyl (C=O) groups is 1. The molecule has 1 unspecified atom stereocenters. The average Bonchev–Trinajstić information content (AvgIpc) is 2.28. The van der Waals surface area contributed by atoms with Crippen molar-refractivity contribution in [2.24, 2.45) is 0 Å². The quantitative estimate of drug-likeness (QED) is 0.878. The lowest BCUT2D eigenvalue weighted by Gasteiger charge is -2.09. The molecule has 1 aromatic rings. The van der Waals surface area contributed by atoms with Crippen molar-refractivity contribution in [3.63, 3.8) is 0 Å². The van der Waals surface area contributed by atoms with Crippen molar-refractivity contribution in [1.82, 2.24) is 5.32 Å². The fourth-order valence-corrected chi connectivity index (χ4v) is 1.66. The normalized spacial score (nSPS) is 12.2. The molecule has 0 saturated carbocycles. The van der Waals surface area contributed by atoms with Crippen LogP contribution < -0.4 is 5.32 Å². The van der Waals surface area contributed by atoms with Crippen LogP contribution in [0.4, 0.5) is 4.39 Å². The maximum absolute atomic E-state index is 13.4. The summed E-state index contributed by atoms with van der Waals surface area (Å²) < 4.78 is 14.0. The van der Waals surface area contributed by atoms with Crippen LogP contribution in [0.25, 0.3) is 0 Å². The molecule has 1 aromatic carbocycles. The van der Waals surface area contributed by atoms with Crippen molar-refractivity contribution in [3.05, 3.63) is 34.1 Å². The van der Waals surface area contributed by atoms with Crippen LogP contribution in [0.5, 0.6) is 0 Å². The Kier molecular flexibility index (Phi) is 5.58. The van der Waals surface area contributed by atoms with Crippen molar-refractivity contribution in [2.45, 2.75) is 25.9 Å². The van der Waals surface area contributed by atoms with Crippen molar-refractivity contribution < 1.29 is 14.3 Å². The Morgan fingerprint density at radius 3 is 2.88 bits per heavy atom. The zero-order valence-corrected chi connectivity index (χ0v) is 11.1. The third-order valence-electron chi connectivity index (χ3n) is 2.41. The number of hydrogen-bond acceptors (Lipinski definition) is 2. The summed E-state index contributed by atoms with van der Waals surface area (Å²) in [5.41, 5.74) is 0.0131. The molecule has 0 fully saturated rings. The molecule has 1 rings (SSSR count). The minimum Gasteiger partial charge on any atom is -0.393 e. The lowest BCUT2D eigenvalue weighted by atomic mass is 10.2. The first-order valence-electron chi connectivity index (χ1n) is 5.46. The fourth-order valence-electron chi connectivity index (χ4n) is 1.33. The number of hydrogen-bond donors (Lipinski definition) is 2. The largest absolute Gasteiger partial charge is 0.393 e. The lowest BCUT2D eigenvalue weighted by molar-refractivity contribution is 0.0938. The average molecular weight is 304 g/mol. The second-order valence-electron chi connectivity index (χ2n) is 3.73. The summed E-state index contributed by atoms with van der Waals surface area (Å²) in [7, 11) is 0. The molecule has 0 aromatic heterocycles. The summed E-state index contributed by atoms with van der Waals surface area (Å²) >= 11 is 3.12. The number of halogens is 2. The lowest BCUT2D eigenvalue weighted by Crippen LogP contribution is -2.27. The molecule has 1 amide bonds. The summed E-state index contributed by atoms with van der Waals surface area (Å²) in [5, 5.41) is 11.9. The highest BCUT2D eigenvalue weighted by molar-refractivity contribution is 9.10. The second kappa shape index (κ2) is 6.71. The van der Waals surface area contributed by atoms with Crippen molar-refractivity contribution in [1.29, 1.82) is 0 Å². The highest BCUT2D eigenvalue weighted by Crippen LogP contribution is 2.15. The van der Waals surface area contributed by atoms with Gasteiger partial charge in [-0.1, -0.05) is 22.9 Å². The molecular formula is C12H15BrFNO2. The van der Waals surface area contributed by atoms with Gasteiger partial charge in [-0.15, -0.1) is 0 Å². The molecular weight excluding hydrogens is 289 g/mol. The van der Waals surface area contributed by atoms with Gasteiger partial charge in [0.05, 0.1) is 11.7 Å². The number of amides is 1. The van der Waals surface area contributed by atoms with E-state index in [4.69, 9.17) is 0 Å². The Balaban J connectivity index is 2.52. The van der Waals surface area contributed by atoms with Crippen LogP contribution in [0.1, 0.15) is 30.1 Å². The monoisotopic (exact) mass is 303 g/mol. The molecule has 0 aliphatic heterocycles. The first-order chi connectivity index (χ1) is 8.04. The highest BCUT2D eigenvalue weighted by atomic mass is 79.9. The van der Waals surface area contributed by atoms with Crippen LogP contribution in [-0.2, 0) is 0 Å². The van der Waals surface area contributed by atoms with Crippen LogP contribution in [0.3, 0.4) is 0 Å². The van der Waals surface area contributed by atoms with E-state index in [-0.39, 0.29) is 5.56 Å². The van der Waals surface area contributed by atoms with Gasteiger partial charge < -0.3 is 10.4 Å². The van der Waals surface area contributed by atoms with Crippen molar-refractivity contribution in [3.8, 4) is 0 Å². The van der Waals surface area contributed by atoms with Crippen LogP contribution >= 0.6 is 15.9 Å². The molecule has 17 heavy (non-hydrogen) atoms. The Bertz CT molecular complexity index is 398. The maximum atomic E-state index is 13.4. The molecule has 0 bridgehead atoms. The van der Waals surface area contributed by atoms with Gasteiger partial charge in [0.15, 0.2) is 0 Å². The number of carbonyl (C=O) groups excluding carboxylic acids is 1. The van der Waals surface area contributed by atoms with Gasteiger partial charge >= 0.3 is 0 Å². The molecule has 0 radical (unpaired) electrons. The first-order valence-corrected chi connectivity index (χ1v) is 6.25. The van der Waals surface area contributed by atoms with Crippen molar-refractivity contribution in [2.75, 3.05) is 6.54 Å². The Morgan fingerprint density at radius 2 is 2.29 bits per heavy atom. The van der Waals surface area contributed by atoms with E-state index in [0.29, 0.717) is 23.9 Å². The van der Waals surface area contributed by atoms with E-state index in [2.05, 4.69) is 21.2 Å². The first kappa shape index (κ1) is 14.1. The summed E-state index contributed by atoms with van der Waals surface area (Å²) in [5.74, 6) is -1.02. The molecule has 94 valence electrons. The topological polar surface area (TPSA) is 49.3 Å². The Labute approximate surface area is 108 Å². The van der Waals surface area contributed by atoms with Gasteiger partial charge in [0.25, 0.3) is 5.91 Å². The molecule has 2 N–H and O–H groups in total. The molecule has 5 heteroatoms. The van der Waals surface area contributed by atoms with E-state index in [1.807, 2.05) is 6.92 Å². The van der Waals surface area contributed by atoms with Crippen LogP contribution in [0.2, 0.25) is 0 Å². The third kappa shape index (κ3) is 4.44. The molecule has 0 spiro atoms. The van der Waals surface area contributed by atoms with Crippen molar-refractivity contribution >= 4 is 21.8 Å². The predicted molar refractivity (Wildman–Crippen MR) is 67.3 cm³/mol. The maximum Gasteiger partial charge on any atom is 0.254 e. The third-order valence-corrected chi connectivity index (χ3v) is 2.90. The Hall–Kier alpha value is -0.940. The minimum absolute atomic E-state index is 0.0131.